The van der Waals surface area contributed by atoms with E-state index in [-0.39, 0.29) is 72.7 Å². The molecule has 4 bridgehead atoms. The van der Waals surface area contributed by atoms with E-state index in [1.807, 2.05) is 97.1 Å². The maximum absolute atomic E-state index is 13.9. The molecule has 2 aromatic heterocycles. The second-order valence-electron chi connectivity index (χ2n) is 16.6. The fourth-order valence-electron chi connectivity index (χ4n) is 10.6. The minimum atomic E-state index is -1.20. The highest BCUT2D eigenvalue weighted by Crippen LogP contribution is 2.61. The third-order valence-electron chi connectivity index (χ3n) is 13.0. The van der Waals surface area contributed by atoms with Crippen LogP contribution in [0.4, 0.5) is 0 Å². The molecule has 6 heterocycles. The number of fused-ring (bicyclic) bond motifs is 4. The van der Waals surface area contributed by atoms with E-state index in [0.717, 1.165) is 11.1 Å². The number of aromatic nitrogens is 2. The predicted molar refractivity (Wildman–Crippen MR) is 234 cm³/mol. The molecule has 6 aliphatic rings. The van der Waals surface area contributed by atoms with E-state index >= 15 is 0 Å². The number of hydrogen-bond acceptors (Lipinski definition) is 14. The Morgan fingerprint density at radius 1 is 0.625 bits per heavy atom. The van der Waals surface area contributed by atoms with Crippen LogP contribution in [-0.2, 0) is 32.2 Å². The standard InChI is InChI=1S/2C25H26N2O5/c2*1-4-11-27(12-5-2)21-18-13-17-14-19(29-3)25(18,31-17)23(28)20-22(21)32-26-24(20)30-15-16-9-7-6-8-10-16/h2*4-10,14,17-18,21H,1-2,11-13,15H2,3H3/t17-,18?,21+,25+;17-,18?,21-,25+/m10/s1. The van der Waals surface area contributed by atoms with Gasteiger partial charge in [0.05, 0.1) is 38.5 Å². The SMILES string of the molecule is C=CCN(CC=C)[C@@H]1c2onc(OCc3ccccc3)c2C(=O)[C@@]23O[C@@H](C=C2OC)CC13.C=CCN(CC=C)[C@@H]1c2onc(OCc3ccccc3)c2C(=O)[C@]23O[C@H](C=C2OC)CC13. The lowest BCUT2D eigenvalue weighted by Crippen LogP contribution is -2.54. The molecular weight excluding hydrogens is 817 g/mol. The molecule has 10 rings (SSSR count). The van der Waals surface area contributed by atoms with E-state index < -0.39 is 11.2 Å². The monoisotopic (exact) mass is 868 g/mol. The Morgan fingerprint density at radius 3 is 1.34 bits per heavy atom. The first-order valence-electron chi connectivity index (χ1n) is 21.5. The smallest absolute Gasteiger partial charge is 0.265 e. The van der Waals surface area contributed by atoms with Crippen LogP contribution in [0.2, 0.25) is 0 Å². The lowest BCUT2D eigenvalue weighted by atomic mass is 9.67. The fourth-order valence-corrected chi connectivity index (χ4v) is 10.6. The Labute approximate surface area is 372 Å². The summed E-state index contributed by atoms with van der Waals surface area (Å²) in [6.07, 6.45) is 12.1. The number of Topliss-reactive ketones (excluding diaryl/α,β-unsaturated/α-hetero) is 2. The average molecular weight is 869 g/mol. The van der Waals surface area contributed by atoms with Crippen LogP contribution in [0.1, 0.15) is 68.3 Å². The Kier molecular flexibility index (Phi) is 11.9. The molecule has 0 radical (unpaired) electrons. The third-order valence-corrected chi connectivity index (χ3v) is 13.0. The third kappa shape index (κ3) is 6.87. The molecule has 4 aromatic rings. The van der Waals surface area contributed by atoms with Gasteiger partial charge < -0.3 is 37.5 Å². The number of rotatable bonds is 18. The number of hydrogen-bond donors (Lipinski definition) is 0. The second-order valence-corrected chi connectivity index (χ2v) is 16.6. The Bertz CT molecular complexity index is 2300. The highest BCUT2D eigenvalue weighted by molar-refractivity contribution is 6.10. The van der Waals surface area contributed by atoms with E-state index in [0.29, 0.717) is 73.2 Å². The van der Waals surface area contributed by atoms with Gasteiger partial charge in [-0.15, -0.1) is 26.3 Å². The van der Waals surface area contributed by atoms with Gasteiger partial charge in [0.25, 0.3) is 11.8 Å². The maximum Gasteiger partial charge on any atom is 0.265 e. The molecule has 14 nitrogen and oxygen atoms in total. The normalized spacial score (nSPS) is 27.6. The number of ether oxygens (including phenoxy) is 6. The summed E-state index contributed by atoms with van der Waals surface area (Å²) >= 11 is 0. The molecule has 2 spiro atoms. The first-order valence-corrected chi connectivity index (χ1v) is 21.5. The van der Waals surface area contributed by atoms with Crippen molar-refractivity contribution in [2.75, 3.05) is 40.4 Å². The summed E-state index contributed by atoms with van der Waals surface area (Å²) in [6.45, 7) is 18.5. The van der Waals surface area contributed by atoms with E-state index in [9.17, 15) is 9.59 Å². The summed E-state index contributed by atoms with van der Waals surface area (Å²) in [4.78, 5) is 32.2. The van der Waals surface area contributed by atoms with Gasteiger partial charge in [0.1, 0.15) is 35.9 Å². The number of benzene rings is 2. The van der Waals surface area contributed by atoms with Gasteiger partial charge in [0.2, 0.25) is 11.6 Å². The lowest BCUT2D eigenvalue weighted by Gasteiger charge is -2.43. The van der Waals surface area contributed by atoms with Crippen molar-refractivity contribution in [2.24, 2.45) is 11.8 Å². The van der Waals surface area contributed by atoms with E-state index in [2.05, 4.69) is 46.4 Å². The topological polar surface area (TPSA) is 148 Å². The second kappa shape index (κ2) is 17.7. The summed E-state index contributed by atoms with van der Waals surface area (Å²) in [6, 6.07) is 18.9. The minimum Gasteiger partial charge on any atom is -0.498 e. The van der Waals surface area contributed by atoms with Crippen molar-refractivity contribution in [1.82, 2.24) is 20.1 Å². The van der Waals surface area contributed by atoms with Gasteiger partial charge in [0, 0.05) is 38.0 Å². The molecule has 2 saturated heterocycles. The molecule has 2 aliphatic carbocycles. The number of carbonyl (C=O) groups is 2. The number of carbonyl (C=O) groups excluding carboxylic acids is 2. The molecule has 2 fully saturated rings. The zero-order valence-corrected chi connectivity index (χ0v) is 36.1. The minimum absolute atomic E-state index is 0.178. The molecule has 64 heavy (non-hydrogen) atoms. The average Bonchev–Trinajstić information content (AvgIpc) is 4.19. The fraction of sp³-hybridized carbons (Fsp3) is 0.360. The zero-order valence-electron chi connectivity index (χ0n) is 36.1. The van der Waals surface area contributed by atoms with Crippen LogP contribution < -0.4 is 9.47 Å². The molecule has 0 N–H and O–H groups in total. The van der Waals surface area contributed by atoms with Gasteiger partial charge in [-0.25, -0.2) is 0 Å². The van der Waals surface area contributed by atoms with Crippen LogP contribution in [0.15, 0.2) is 144 Å². The van der Waals surface area contributed by atoms with Crippen molar-refractivity contribution < 1.29 is 47.1 Å². The van der Waals surface area contributed by atoms with Crippen molar-refractivity contribution in [3.63, 3.8) is 0 Å². The molecule has 2 aromatic carbocycles. The van der Waals surface area contributed by atoms with Crippen molar-refractivity contribution in [3.05, 3.63) is 169 Å². The number of ketones is 2. The first kappa shape index (κ1) is 43.0. The van der Waals surface area contributed by atoms with Crippen molar-refractivity contribution in [1.29, 1.82) is 0 Å². The number of methoxy groups -OCH3 is 2. The Balaban J connectivity index is 0.000000162. The molecule has 0 saturated carbocycles. The van der Waals surface area contributed by atoms with Crippen LogP contribution in [0.5, 0.6) is 11.8 Å². The molecule has 8 atom stereocenters. The molecular formula is C50H52N4O10. The molecule has 332 valence electrons. The maximum atomic E-state index is 13.9. The molecule has 0 amide bonds. The van der Waals surface area contributed by atoms with Crippen molar-refractivity contribution in [3.8, 4) is 11.8 Å². The van der Waals surface area contributed by atoms with E-state index in [1.54, 1.807) is 14.2 Å². The molecule has 14 heteroatoms. The quantitative estimate of drug-likeness (QED) is 0.0900. The predicted octanol–water partition coefficient (Wildman–Crippen LogP) is 7.71. The summed E-state index contributed by atoms with van der Waals surface area (Å²) in [5.74, 6) is 1.67. The van der Waals surface area contributed by atoms with Crippen LogP contribution in [0.3, 0.4) is 0 Å². The van der Waals surface area contributed by atoms with Crippen molar-refractivity contribution >= 4 is 11.6 Å². The van der Waals surface area contributed by atoms with Gasteiger partial charge in [-0.05, 0) is 46.4 Å². The number of nitrogens with zero attached hydrogens (tertiary/aromatic N) is 4. The van der Waals surface area contributed by atoms with Crippen LogP contribution in [-0.4, -0.2) is 95.5 Å². The zero-order chi connectivity index (χ0) is 44.6. The summed E-state index contributed by atoms with van der Waals surface area (Å²) < 4.78 is 47.4. The largest absolute Gasteiger partial charge is 0.498 e. The summed E-state index contributed by atoms with van der Waals surface area (Å²) in [5, 5.41) is 8.32. The highest BCUT2D eigenvalue weighted by Gasteiger charge is 2.70. The van der Waals surface area contributed by atoms with Crippen LogP contribution in [0, 0.1) is 11.8 Å². The van der Waals surface area contributed by atoms with Gasteiger partial charge in [-0.2, -0.15) is 0 Å². The van der Waals surface area contributed by atoms with Gasteiger partial charge >= 0.3 is 0 Å². The first-order chi connectivity index (χ1) is 31.3. The lowest BCUT2D eigenvalue weighted by molar-refractivity contribution is -0.0341. The highest BCUT2D eigenvalue weighted by atomic mass is 16.6. The van der Waals surface area contributed by atoms with Gasteiger partial charge in [-0.1, -0.05) is 85.0 Å². The van der Waals surface area contributed by atoms with Crippen LogP contribution >= 0.6 is 0 Å². The summed E-state index contributed by atoms with van der Waals surface area (Å²) in [5.41, 5.74) is 0.185. The van der Waals surface area contributed by atoms with E-state index in [4.69, 9.17) is 37.5 Å². The van der Waals surface area contributed by atoms with Gasteiger partial charge in [-0.3, -0.25) is 19.4 Å². The molecule has 4 aliphatic heterocycles. The summed E-state index contributed by atoms with van der Waals surface area (Å²) in [7, 11) is 3.15. The van der Waals surface area contributed by atoms with Gasteiger partial charge in [0.15, 0.2) is 22.7 Å². The van der Waals surface area contributed by atoms with Crippen molar-refractivity contribution in [2.45, 2.75) is 61.5 Å². The van der Waals surface area contributed by atoms with Crippen LogP contribution in [0.25, 0.3) is 0 Å². The Morgan fingerprint density at radius 2 is 1.00 bits per heavy atom. The Hall–Kier alpha value is -6.32. The molecule has 2 unspecified atom stereocenters. The van der Waals surface area contributed by atoms with E-state index in [1.165, 1.54) is 0 Å².